The zero-order valence-corrected chi connectivity index (χ0v) is 15.6. The van der Waals surface area contributed by atoms with Gasteiger partial charge in [0.05, 0.1) is 11.8 Å². The zero-order valence-electron chi connectivity index (χ0n) is 15.6. The second-order valence-electron chi connectivity index (χ2n) is 7.89. The highest BCUT2D eigenvalue weighted by Crippen LogP contribution is 2.36. The number of aryl methyl sites for hydroxylation is 2. The standard InChI is InChI=1S/C23H22N2O3/c26-20(12-13-25-22(27)16-5-1-2-6-17(16)23(25)28)24-19-11-10-15-9-8-14-4-3-7-18(19)21(14)15/h1-4,7,10-11,16-17H,5-6,8-9,12-13H2,(H,24,26)/t16-,17+. The smallest absolute Gasteiger partial charge is 0.233 e. The van der Waals surface area contributed by atoms with E-state index in [0.29, 0.717) is 12.8 Å². The Bertz CT molecular complexity index is 1000. The lowest BCUT2D eigenvalue weighted by Gasteiger charge is -2.15. The molecule has 1 saturated heterocycles. The third-order valence-corrected chi connectivity index (χ3v) is 6.31. The molecule has 3 amide bonds. The molecule has 0 saturated carbocycles. The molecule has 0 spiro atoms. The summed E-state index contributed by atoms with van der Waals surface area (Å²) in [5.41, 5.74) is 3.45. The number of carbonyl (C=O) groups is 3. The number of rotatable bonds is 4. The van der Waals surface area contributed by atoms with Crippen LogP contribution < -0.4 is 5.32 Å². The molecule has 0 unspecified atom stereocenters. The van der Waals surface area contributed by atoms with E-state index in [4.69, 9.17) is 0 Å². The van der Waals surface area contributed by atoms with Crippen molar-refractivity contribution in [1.82, 2.24) is 4.90 Å². The number of nitrogens with zero attached hydrogens (tertiary/aromatic N) is 1. The minimum absolute atomic E-state index is 0.118. The van der Waals surface area contributed by atoms with Crippen molar-refractivity contribution in [3.8, 4) is 0 Å². The van der Waals surface area contributed by atoms with Crippen LogP contribution in [-0.4, -0.2) is 29.2 Å². The van der Waals surface area contributed by atoms with Gasteiger partial charge in [-0.05, 0) is 48.3 Å². The first-order valence-electron chi connectivity index (χ1n) is 9.97. The number of benzene rings is 2. The summed E-state index contributed by atoms with van der Waals surface area (Å²) < 4.78 is 0. The van der Waals surface area contributed by atoms with Gasteiger partial charge in [0, 0.05) is 24.0 Å². The summed E-state index contributed by atoms with van der Waals surface area (Å²) in [6, 6.07) is 10.2. The Labute approximate surface area is 163 Å². The minimum Gasteiger partial charge on any atom is -0.325 e. The number of carbonyl (C=O) groups excluding carboxylic acids is 3. The van der Waals surface area contributed by atoms with Crippen molar-refractivity contribution >= 4 is 34.2 Å². The molecule has 0 radical (unpaired) electrons. The van der Waals surface area contributed by atoms with Crippen molar-refractivity contribution in [1.29, 1.82) is 0 Å². The average Bonchev–Trinajstić information content (AvgIpc) is 3.24. The average molecular weight is 374 g/mol. The van der Waals surface area contributed by atoms with E-state index in [1.807, 2.05) is 30.4 Å². The number of imide groups is 1. The summed E-state index contributed by atoms with van der Waals surface area (Å²) in [5, 5.41) is 5.30. The van der Waals surface area contributed by atoms with Gasteiger partial charge < -0.3 is 5.32 Å². The Morgan fingerprint density at radius 3 is 2.36 bits per heavy atom. The molecule has 0 aromatic heterocycles. The van der Waals surface area contributed by atoms with E-state index in [0.717, 1.165) is 23.9 Å². The van der Waals surface area contributed by atoms with Gasteiger partial charge in [0.25, 0.3) is 0 Å². The second kappa shape index (κ2) is 6.59. The van der Waals surface area contributed by atoms with Crippen LogP contribution in [0.3, 0.4) is 0 Å². The molecule has 1 heterocycles. The first kappa shape index (κ1) is 17.2. The third-order valence-electron chi connectivity index (χ3n) is 6.31. The summed E-state index contributed by atoms with van der Waals surface area (Å²) in [6.07, 6.45) is 7.39. The molecule has 142 valence electrons. The molecule has 2 aliphatic carbocycles. The Morgan fingerprint density at radius 1 is 0.964 bits per heavy atom. The zero-order chi connectivity index (χ0) is 19.3. The van der Waals surface area contributed by atoms with E-state index in [1.165, 1.54) is 21.4 Å². The van der Waals surface area contributed by atoms with Gasteiger partial charge in [-0.25, -0.2) is 0 Å². The van der Waals surface area contributed by atoms with Gasteiger partial charge in [0.2, 0.25) is 17.7 Å². The fourth-order valence-electron chi connectivity index (χ4n) is 4.87. The molecule has 5 rings (SSSR count). The van der Waals surface area contributed by atoms with Crippen LogP contribution in [0.2, 0.25) is 0 Å². The topological polar surface area (TPSA) is 66.5 Å². The Morgan fingerprint density at radius 2 is 1.64 bits per heavy atom. The molecular formula is C23H22N2O3. The van der Waals surface area contributed by atoms with Gasteiger partial charge in [-0.15, -0.1) is 0 Å². The van der Waals surface area contributed by atoms with Crippen LogP contribution in [0.25, 0.3) is 10.8 Å². The molecule has 0 bridgehead atoms. The summed E-state index contributed by atoms with van der Waals surface area (Å²) in [7, 11) is 0. The highest BCUT2D eigenvalue weighted by Gasteiger charge is 2.46. The Hall–Kier alpha value is -2.95. The molecule has 2 aromatic rings. The monoisotopic (exact) mass is 374 g/mol. The van der Waals surface area contributed by atoms with Gasteiger partial charge in [-0.3, -0.25) is 19.3 Å². The molecule has 3 aliphatic rings. The lowest BCUT2D eigenvalue weighted by atomic mass is 9.85. The van der Waals surface area contributed by atoms with Crippen molar-refractivity contribution in [2.45, 2.75) is 32.1 Å². The predicted octanol–water partition coefficient (Wildman–Crippen LogP) is 3.22. The third kappa shape index (κ3) is 2.65. The van der Waals surface area contributed by atoms with Gasteiger partial charge in [-0.1, -0.05) is 36.4 Å². The van der Waals surface area contributed by atoms with Gasteiger partial charge in [0.1, 0.15) is 0 Å². The normalized spacial score (nSPS) is 22.8. The molecule has 1 aliphatic heterocycles. The van der Waals surface area contributed by atoms with Crippen LogP contribution in [0.5, 0.6) is 0 Å². The summed E-state index contributed by atoms with van der Waals surface area (Å²) in [4.78, 5) is 38.9. The predicted molar refractivity (Wildman–Crippen MR) is 107 cm³/mol. The van der Waals surface area contributed by atoms with Crippen LogP contribution in [0.15, 0.2) is 42.5 Å². The SMILES string of the molecule is O=C(CCN1C(=O)[C@H]2CC=CC[C@H]2C1=O)Nc1ccc2c3c(cccc13)CC2. The number of amides is 3. The second-order valence-corrected chi connectivity index (χ2v) is 7.89. The maximum absolute atomic E-state index is 12.6. The van der Waals surface area contributed by atoms with Crippen molar-refractivity contribution in [2.24, 2.45) is 11.8 Å². The van der Waals surface area contributed by atoms with E-state index in [9.17, 15) is 14.4 Å². The van der Waals surface area contributed by atoms with Gasteiger partial charge in [0.15, 0.2) is 0 Å². The lowest BCUT2D eigenvalue weighted by Crippen LogP contribution is -2.34. The largest absolute Gasteiger partial charge is 0.325 e. The minimum atomic E-state index is -0.239. The first-order chi connectivity index (χ1) is 13.6. The number of likely N-dealkylation sites (tertiary alicyclic amines) is 1. The fourth-order valence-corrected chi connectivity index (χ4v) is 4.87. The van der Waals surface area contributed by atoms with Crippen molar-refractivity contribution in [3.63, 3.8) is 0 Å². The Kier molecular flexibility index (Phi) is 4.04. The number of nitrogens with one attached hydrogen (secondary N) is 1. The van der Waals surface area contributed by atoms with E-state index in [2.05, 4.69) is 17.4 Å². The van der Waals surface area contributed by atoms with Crippen LogP contribution in [0.1, 0.15) is 30.4 Å². The van der Waals surface area contributed by atoms with E-state index < -0.39 is 0 Å². The number of allylic oxidation sites excluding steroid dienone is 2. The summed E-state index contributed by atoms with van der Waals surface area (Å²) in [5.74, 6) is -0.906. The van der Waals surface area contributed by atoms with E-state index in [-0.39, 0.29) is 42.5 Å². The van der Waals surface area contributed by atoms with Crippen molar-refractivity contribution in [2.75, 3.05) is 11.9 Å². The highest BCUT2D eigenvalue weighted by molar-refractivity contribution is 6.07. The van der Waals surface area contributed by atoms with Crippen LogP contribution in [0.4, 0.5) is 5.69 Å². The maximum Gasteiger partial charge on any atom is 0.233 e. The molecule has 28 heavy (non-hydrogen) atoms. The quantitative estimate of drug-likeness (QED) is 0.660. The summed E-state index contributed by atoms with van der Waals surface area (Å²) >= 11 is 0. The fraction of sp³-hybridized carbons (Fsp3) is 0.348. The van der Waals surface area contributed by atoms with Crippen LogP contribution in [0, 0.1) is 11.8 Å². The van der Waals surface area contributed by atoms with Crippen LogP contribution >= 0.6 is 0 Å². The van der Waals surface area contributed by atoms with Crippen LogP contribution in [-0.2, 0) is 27.2 Å². The molecule has 2 atom stereocenters. The number of hydrogen-bond donors (Lipinski definition) is 1. The first-order valence-corrected chi connectivity index (χ1v) is 9.97. The Balaban J connectivity index is 1.29. The maximum atomic E-state index is 12.6. The molecule has 5 heteroatoms. The van der Waals surface area contributed by atoms with E-state index in [1.54, 1.807) is 0 Å². The number of hydrogen-bond acceptors (Lipinski definition) is 3. The van der Waals surface area contributed by atoms with Crippen molar-refractivity contribution < 1.29 is 14.4 Å². The molecule has 2 aromatic carbocycles. The highest BCUT2D eigenvalue weighted by atomic mass is 16.2. The summed E-state index contributed by atoms with van der Waals surface area (Å²) in [6.45, 7) is 0.151. The van der Waals surface area contributed by atoms with Crippen molar-refractivity contribution in [3.05, 3.63) is 53.6 Å². The molecular weight excluding hydrogens is 352 g/mol. The lowest BCUT2D eigenvalue weighted by molar-refractivity contribution is -0.140. The number of anilines is 1. The van der Waals surface area contributed by atoms with Gasteiger partial charge in [-0.2, -0.15) is 0 Å². The van der Waals surface area contributed by atoms with Gasteiger partial charge >= 0.3 is 0 Å². The molecule has 5 nitrogen and oxygen atoms in total. The molecule has 1 fully saturated rings. The number of fused-ring (bicyclic) bond motifs is 1. The molecule has 1 N–H and O–H groups in total. The van der Waals surface area contributed by atoms with E-state index >= 15 is 0 Å².